The van der Waals surface area contributed by atoms with Crippen LogP contribution in [0.4, 0.5) is 0 Å². The van der Waals surface area contributed by atoms with Crippen molar-refractivity contribution in [1.82, 2.24) is 20.4 Å². The Morgan fingerprint density at radius 3 is 2.77 bits per heavy atom. The molecule has 1 aliphatic heterocycles. The minimum atomic E-state index is -0.234. The van der Waals surface area contributed by atoms with E-state index in [1.807, 2.05) is 23.1 Å². The van der Waals surface area contributed by atoms with Gasteiger partial charge in [0.2, 0.25) is 5.91 Å². The van der Waals surface area contributed by atoms with Crippen LogP contribution in [0.1, 0.15) is 58.2 Å². The quantitative estimate of drug-likeness (QED) is 0.611. The van der Waals surface area contributed by atoms with E-state index in [0.717, 1.165) is 38.0 Å². The van der Waals surface area contributed by atoms with Crippen LogP contribution in [0.15, 0.2) is 53.1 Å². The Bertz CT molecular complexity index is 1020. The summed E-state index contributed by atoms with van der Waals surface area (Å²) in [5, 5.41) is 9.98. The first-order valence-corrected chi connectivity index (χ1v) is 10.8. The van der Waals surface area contributed by atoms with Crippen LogP contribution < -0.4 is 5.32 Å². The number of carbonyl (C=O) groups excluding carboxylic acids is 2. The van der Waals surface area contributed by atoms with E-state index < -0.39 is 0 Å². The summed E-state index contributed by atoms with van der Waals surface area (Å²) in [5.41, 5.74) is 3.76. The average Bonchev–Trinajstić information content (AvgIpc) is 3.48. The van der Waals surface area contributed by atoms with E-state index in [9.17, 15) is 9.59 Å². The summed E-state index contributed by atoms with van der Waals surface area (Å²) in [7, 11) is 0. The number of aromatic amines is 1. The Kier molecular flexibility index (Phi) is 6.50. The third-order valence-electron chi connectivity index (χ3n) is 5.83. The molecule has 0 atom stereocenters. The lowest BCUT2D eigenvalue weighted by molar-refractivity contribution is -0.132. The normalized spacial score (nSPS) is 14.5. The molecule has 0 spiro atoms. The van der Waals surface area contributed by atoms with E-state index in [1.54, 1.807) is 12.3 Å². The number of furan rings is 1. The number of likely N-dealkylation sites (tertiary alicyclic amines) is 1. The molecule has 1 saturated heterocycles. The zero-order valence-corrected chi connectivity index (χ0v) is 17.8. The van der Waals surface area contributed by atoms with Gasteiger partial charge in [0.05, 0.1) is 12.8 Å². The van der Waals surface area contributed by atoms with Crippen molar-refractivity contribution in [2.45, 2.75) is 45.1 Å². The van der Waals surface area contributed by atoms with E-state index >= 15 is 0 Å². The third-order valence-corrected chi connectivity index (χ3v) is 5.83. The number of nitrogens with zero attached hydrogens (tertiary/aromatic N) is 2. The summed E-state index contributed by atoms with van der Waals surface area (Å²) < 4.78 is 5.22. The van der Waals surface area contributed by atoms with Crippen molar-refractivity contribution in [3.05, 3.63) is 77.0 Å². The van der Waals surface area contributed by atoms with Crippen LogP contribution in [0.3, 0.4) is 0 Å². The molecule has 0 bridgehead atoms. The number of H-pyrrole nitrogens is 1. The highest BCUT2D eigenvalue weighted by atomic mass is 16.3. The summed E-state index contributed by atoms with van der Waals surface area (Å²) in [4.78, 5) is 26.9. The van der Waals surface area contributed by atoms with Gasteiger partial charge in [-0.3, -0.25) is 14.7 Å². The highest BCUT2D eigenvalue weighted by Gasteiger charge is 2.25. The number of hydrogen-bond acceptors (Lipinski definition) is 4. The molecule has 0 saturated carbocycles. The van der Waals surface area contributed by atoms with Crippen LogP contribution in [0, 0.1) is 6.92 Å². The molecule has 162 valence electrons. The third kappa shape index (κ3) is 5.42. The minimum Gasteiger partial charge on any atom is -0.467 e. The van der Waals surface area contributed by atoms with Crippen molar-refractivity contribution in [1.29, 1.82) is 0 Å². The summed E-state index contributed by atoms with van der Waals surface area (Å²) in [6.07, 6.45) is 4.63. The molecule has 2 aromatic heterocycles. The van der Waals surface area contributed by atoms with Gasteiger partial charge >= 0.3 is 0 Å². The van der Waals surface area contributed by atoms with Crippen LogP contribution in [0.2, 0.25) is 0 Å². The SMILES string of the molecule is Cc1cccc(CCC(=O)N2CCC(c3cc(C(=O)NCc4ccco4)n[nH]3)CC2)c1. The number of aryl methyl sites for hydroxylation is 2. The first-order chi connectivity index (χ1) is 15.1. The van der Waals surface area contributed by atoms with Crippen molar-refractivity contribution in [3.63, 3.8) is 0 Å². The summed E-state index contributed by atoms with van der Waals surface area (Å²) in [6, 6.07) is 13.7. The maximum atomic E-state index is 12.6. The molecule has 3 heterocycles. The van der Waals surface area contributed by atoms with Crippen LogP contribution in [-0.2, 0) is 17.8 Å². The van der Waals surface area contributed by atoms with Crippen LogP contribution >= 0.6 is 0 Å². The van der Waals surface area contributed by atoms with Crippen molar-refractivity contribution in [2.75, 3.05) is 13.1 Å². The Hall–Kier alpha value is -3.35. The lowest BCUT2D eigenvalue weighted by atomic mass is 9.93. The molecule has 1 aliphatic rings. The summed E-state index contributed by atoms with van der Waals surface area (Å²) in [6.45, 7) is 3.86. The molecule has 3 aromatic rings. The average molecular weight is 421 g/mol. The molecule has 1 fully saturated rings. The molecular formula is C24H28N4O3. The predicted octanol–water partition coefficient (Wildman–Crippen LogP) is 3.58. The molecule has 7 heteroatoms. The number of benzene rings is 1. The highest BCUT2D eigenvalue weighted by Crippen LogP contribution is 2.27. The Balaban J connectivity index is 1.24. The number of nitrogens with one attached hydrogen (secondary N) is 2. The molecule has 31 heavy (non-hydrogen) atoms. The van der Waals surface area contributed by atoms with Crippen LogP contribution in [0.5, 0.6) is 0 Å². The van der Waals surface area contributed by atoms with E-state index in [-0.39, 0.29) is 17.7 Å². The second-order valence-corrected chi connectivity index (χ2v) is 8.11. The number of amides is 2. The molecule has 0 unspecified atom stereocenters. The molecule has 0 aliphatic carbocycles. The van der Waals surface area contributed by atoms with Gasteiger partial charge in [-0.05, 0) is 49.9 Å². The van der Waals surface area contributed by atoms with Crippen molar-refractivity contribution in [3.8, 4) is 0 Å². The zero-order chi connectivity index (χ0) is 21.6. The first kappa shape index (κ1) is 20.9. The van der Waals surface area contributed by atoms with Gasteiger partial charge in [-0.1, -0.05) is 29.8 Å². The maximum Gasteiger partial charge on any atom is 0.272 e. The summed E-state index contributed by atoms with van der Waals surface area (Å²) >= 11 is 0. The fraction of sp³-hybridized carbons (Fsp3) is 0.375. The number of hydrogen-bond donors (Lipinski definition) is 2. The van der Waals surface area contributed by atoms with Gasteiger partial charge in [0, 0.05) is 31.1 Å². The molecular weight excluding hydrogens is 392 g/mol. The van der Waals surface area contributed by atoms with Gasteiger partial charge in [-0.25, -0.2) is 0 Å². The first-order valence-electron chi connectivity index (χ1n) is 10.8. The zero-order valence-electron chi connectivity index (χ0n) is 17.8. The standard InChI is InChI=1S/C24H28N4O3/c1-17-4-2-5-18(14-17)7-8-23(29)28-11-9-19(10-12-28)21-15-22(27-26-21)24(30)25-16-20-6-3-13-31-20/h2-6,13-15,19H,7-12,16H2,1H3,(H,25,30)(H,26,27). The molecule has 1 aromatic carbocycles. The van der Waals surface area contributed by atoms with Gasteiger partial charge in [0.1, 0.15) is 11.5 Å². The van der Waals surface area contributed by atoms with Crippen LogP contribution in [0.25, 0.3) is 0 Å². The van der Waals surface area contributed by atoms with E-state index in [2.05, 4.69) is 40.6 Å². The van der Waals surface area contributed by atoms with E-state index in [0.29, 0.717) is 24.4 Å². The maximum absolute atomic E-state index is 12.6. The fourth-order valence-corrected chi connectivity index (χ4v) is 4.05. The lowest BCUT2D eigenvalue weighted by Crippen LogP contribution is -2.38. The fourth-order valence-electron chi connectivity index (χ4n) is 4.05. The lowest BCUT2D eigenvalue weighted by Gasteiger charge is -2.31. The van der Waals surface area contributed by atoms with Gasteiger partial charge < -0.3 is 14.6 Å². The number of aromatic nitrogens is 2. The van der Waals surface area contributed by atoms with Gasteiger partial charge in [-0.2, -0.15) is 5.10 Å². The Labute approximate surface area is 181 Å². The smallest absolute Gasteiger partial charge is 0.272 e. The monoisotopic (exact) mass is 420 g/mol. The Morgan fingerprint density at radius 1 is 1.19 bits per heavy atom. The molecule has 2 amide bonds. The Morgan fingerprint density at radius 2 is 2.03 bits per heavy atom. The number of piperidine rings is 1. The molecule has 4 rings (SSSR count). The topological polar surface area (TPSA) is 91.2 Å². The van der Waals surface area contributed by atoms with Crippen molar-refractivity contribution in [2.24, 2.45) is 0 Å². The van der Waals surface area contributed by atoms with Gasteiger partial charge in [0.15, 0.2) is 0 Å². The summed E-state index contributed by atoms with van der Waals surface area (Å²) in [5.74, 6) is 0.953. The minimum absolute atomic E-state index is 0.211. The van der Waals surface area contributed by atoms with Crippen LogP contribution in [-0.4, -0.2) is 40.0 Å². The van der Waals surface area contributed by atoms with E-state index in [1.165, 1.54) is 11.1 Å². The van der Waals surface area contributed by atoms with Crippen molar-refractivity contribution < 1.29 is 14.0 Å². The second kappa shape index (κ2) is 9.64. The van der Waals surface area contributed by atoms with E-state index in [4.69, 9.17) is 4.42 Å². The molecule has 0 radical (unpaired) electrons. The van der Waals surface area contributed by atoms with Gasteiger partial charge in [0.25, 0.3) is 5.91 Å². The number of carbonyl (C=O) groups is 2. The largest absolute Gasteiger partial charge is 0.467 e. The van der Waals surface area contributed by atoms with Gasteiger partial charge in [-0.15, -0.1) is 0 Å². The predicted molar refractivity (Wildman–Crippen MR) is 117 cm³/mol. The van der Waals surface area contributed by atoms with Crippen molar-refractivity contribution >= 4 is 11.8 Å². The number of rotatable bonds is 7. The molecule has 2 N–H and O–H groups in total. The highest BCUT2D eigenvalue weighted by molar-refractivity contribution is 5.92. The molecule has 7 nitrogen and oxygen atoms in total. The second-order valence-electron chi connectivity index (χ2n) is 8.11.